The van der Waals surface area contributed by atoms with Gasteiger partial charge in [-0.3, -0.25) is 14.5 Å². The fraction of sp³-hybridized carbons (Fsp3) is 0.500. The summed E-state index contributed by atoms with van der Waals surface area (Å²) in [6.07, 6.45) is 2.56. The van der Waals surface area contributed by atoms with Gasteiger partial charge in [-0.25, -0.2) is 13.4 Å². The maximum absolute atomic E-state index is 13.5. The third-order valence-corrected chi connectivity index (χ3v) is 6.24. The van der Waals surface area contributed by atoms with E-state index in [4.69, 9.17) is 9.31 Å². The average Bonchev–Trinajstić information content (AvgIpc) is 3.39. The Morgan fingerprint density at radius 3 is 2.38 bits per heavy atom. The van der Waals surface area contributed by atoms with Crippen molar-refractivity contribution >= 4 is 51.5 Å². The molecule has 1 saturated carbocycles. The van der Waals surface area contributed by atoms with Crippen LogP contribution in [0.25, 0.3) is 11.0 Å². The lowest BCUT2D eigenvalue weighted by atomic mass is 9.83. The number of hydrogen-bond donors (Lipinski definition) is 0. The molecule has 0 amide bonds. The Balaban J connectivity index is 1.80. The number of fused-ring (bicyclic) bond motifs is 1. The minimum atomic E-state index is -4.28. The molecular weight excluding hydrogens is 449 g/mol. The van der Waals surface area contributed by atoms with Crippen molar-refractivity contribution in [3.05, 3.63) is 18.2 Å². The Morgan fingerprint density at radius 1 is 1.22 bits per heavy atom. The Kier molecular flexibility index (Phi) is 5.84. The molecule has 0 radical (unpaired) electrons. The zero-order valence-electron chi connectivity index (χ0n) is 17.4. The molecule has 1 aliphatic carbocycles. The summed E-state index contributed by atoms with van der Waals surface area (Å²) < 4.78 is 63.0. The molecule has 2 fully saturated rings. The molecule has 2 aromatic rings. The number of aromatic nitrogens is 2. The first kappa shape index (κ1) is 22.5. The van der Waals surface area contributed by atoms with Gasteiger partial charge in [-0.15, -0.1) is 0 Å². The highest BCUT2D eigenvalue weighted by Gasteiger charge is 2.39. The number of pyridine rings is 1. The second kappa shape index (κ2) is 8.32. The molecule has 0 atom stereocenters. The van der Waals surface area contributed by atoms with Crippen LogP contribution in [0.4, 0.5) is 14.6 Å². The average molecular weight is 470 g/mol. The van der Waals surface area contributed by atoms with Crippen molar-refractivity contribution in [3.63, 3.8) is 0 Å². The SMILES string of the molecule is CN1CC(=O)OB(c2cc3ccc(N(C(F)F)S(C)(=O)=O)nc3n2CC2CC2)OC(=O)C1. The van der Waals surface area contributed by atoms with Crippen LogP contribution in [0.15, 0.2) is 18.2 Å². The Hall–Kier alpha value is -2.74. The smallest absolute Gasteiger partial charge is 0.493 e. The Bertz CT molecular complexity index is 1150. The Labute approximate surface area is 183 Å². The monoisotopic (exact) mass is 470 g/mol. The van der Waals surface area contributed by atoms with Crippen molar-refractivity contribution in [2.45, 2.75) is 25.9 Å². The number of likely N-dealkylation sites (N-methyl/N-ethyl adjacent to an activating group) is 1. The predicted molar refractivity (Wildman–Crippen MR) is 111 cm³/mol. The minimum absolute atomic E-state index is 0.0632. The molecule has 172 valence electrons. The number of carbonyl (C=O) groups is 2. The van der Waals surface area contributed by atoms with E-state index in [0.717, 1.165) is 12.8 Å². The molecule has 3 heterocycles. The molecular formula is C18H21BF2N4O6S. The minimum Gasteiger partial charge on any atom is -0.493 e. The summed E-state index contributed by atoms with van der Waals surface area (Å²) in [5, 5.41) is 0.499. The lowest BCUT2D eigenvalue weighted by Crippen LogP contribution is -2.50. The number of sulfonamides is 1. The highest BCUT2D eigenvalue weighted by molar-refractivity contribution is 7.92. The van der Waals surface area contributed by atoms with E-state index in [1.807, 2.05) is 0 Å². The maximum Gasteiger partial charge on any atom is 0.654 e. The number of hydrogen-bond acceptors (Lipinski definition) is 8. The molecule has 0 N–H and O–H groups in total. The number of nitrogens with zero attached hydrogens (tertiary/aromatic N) is 4. The molecule has 1 aliphatic heterocycles. The van der Waals surface area contributed by atoms with E-state index in [2.05, 4.69) is 4.98 Å². The van der Waals surface area contributed by atoms with E-state index >= 15 is 0 Å². The molecule has 2 aromatic heterocycles. The van der Waals surface area contributed by atoms with Crippen molar-refractivity contribution in [1.82, 2.24) is 14.5 Å². The standard InChI is InChI=1S/C18H21BF2N4O6S/c1-23-9-15(26)30-19(31-16(27)10-23)13-7-12-5-6-14(25(18(20)21)32(2,28)29)22-17(12)24(13)8-11-3-4-11/h5-7,11,18H,3-4,8-10H2,1-2H3. The lowest BCUT2D eigenvalue weighted by Gasteiger charge is -2.23. The Morgan fingerprint density at radius 2 is 1.84 bits per heavy atom. The first-order valence-electron chi connectivity index (χ1n) is 9.88. The van der Waals surface area contributed by atoms with E-state index in [0.29, 0.717) is 29.7 Å². The largest absolute Gasteiger partial charge is 0.654 e. The van der Waals surface area contributed by atoms with Crippen LogP contribution >= 0.6 is 0 Å². The van der Waals surface area contributed by atoms with Gasteiger partial charge in [0, 0.05) is 11.9 Å². The van der Waals surface area contributed by atoms with E-state index in [1.54, 1.807) is 17.7 Å². The van der Waals surface area contributed by atoms with Crippen LogP contribution in [0, 0.1) is 5.92 Å². The number of anilines is 1. The van der Waals surface area contributed by atoms with Gasteiger partial charge in [0.15, 0.2) is 0 Å². The molecule has 2 aliphatic rings. The van der Waals surface area contributed by atoms with Gasteiger partial charge in [0.25, 0.3) is 0 Å². The van der Waals surface area contributed by atoms with Crippen LogP contribution in [0.1, 0.15) is 12.8 Å². The zero-order chi connectivity index (χ0) is 23.2. The van der Waals surface area contributed by atoms with Crippen molar-refractivity contribution in [1.29, 1.82) is 0 Å². The van der Waals surface area contributed by atoms with E-state index in [1.165, 1.54) is 17.0 Å². The van der Waals surface area contributed by atoms with Crippen LogP contribution in [-0.2, 0) is 35.5 Å². The van der Waals surface area contributed by atoms with Gasteiger partial charge in [-0.2, -0.15) is 13.1 Å². The summed E-state index contributed by atoms with van der Waals surface area (Å²) in [5.41, 5.74) is 0.552. The summed E-state index contributed by atoms with van der Waals surface area (Å²) in [7, 11) is -4.04. The van der Waals surface area contributed by atoms with E-state index in [9.17, 15) is 26.8 Å². The van der Waals surface area contributed by atoms with E-state index < -0.39 is 41.4 Å². The van der Waals surface area contributed by atoms with Crippen LogP contribution < -0.4 is 9.90 Å². The van der Waals surface area contributed by atoms with Gasteiger partial charge in [0.2, 0.25) is 10.0 Å². The molecule has 0 bridgehead atoms. The summed E-state index contributed by atoms with van der Waals surface area (Å²) in [6.45, 7) is -3.09. The number of halogens is 2. The van der Waals surface area contributed by atoms with Gasteiger partial charge >= 0.3 is 25.6 Å². The summed E-state index contributed by atoms with van der Waals surface area (Å²) in [4.78, 5) is 30.0. The van der Waals surface area contributed by atoms with Crippen LogP contribution in [0.5, 0.6) is 0 Å². The number of alkyl halides is 2. The van der Waals surface area contributed by atoms with Gasteiger partial charge in [0.05, 0.1) is 24.9 Å². The molecule has 32 heavy (non-hydrogen) atoms. The van der Waals surface area contributed by atoms with Gasteiger partial charge < -0.3 is 13.9 Å². The molecule has 4 rings (SSSR count). The van der Waals surface area contributed by atoms with Crippen LogP contribution in [-0.4, -0.2) is 74.9 Å². The van der Waals surface area contributed by atoms with Gasteiger partial charge in [-0.1, -0.05) is 0 Å². The fourth-order valence-electron chi connectivity index (χ4n) is 3.58. The fourth-order valence-corrected chi connectivity index (χ4v) is 4.31. The third kappa shape index (κ3) is 4.70. The summed E-state index contributed by atoms with van der Waals surface area (Å²) in [6, 6.07) is 4.22. The second-order valence-electron chi connectivity index (χ2n) is 8.03. The van der Waals surface area contributed by atoms with Crippen LogP contribution in [0.3, 0.4) is 0 Å². The number of carbonyl (C=O) groups excluding carboxylic acids is 2. The highest BCUT2D eigenvalue weighted by atomic mass is 32.2. The summed E-state index contributed by atoms with van der Waals surface area (Å²) >= 11 is 0. The molecule has 0 spiro atoms. The summed E-state index contributed by atoms with van der Waals surface area (Å²) in [5.74, 6) is -1.34. The van der Waals surface area contributed by atoms with Crippen molar-refractivity contribution < 1.29 is 36.1 Å². The van der Waals surface area contributed by atoms with E-state index in [-0.39, 0.29) is 23.0 Å². The second-order valence-corrected chi connectivity index (χ2v) is 9.89. The highest BCUT2D eigenvalue weighted by Crippen LogP contribution is 2.32. The first-order valence-corrected chi connectivity index (χ1v) is 11.7. The first-order chi connectivity index (χ1) is 15.0. The number of rotatable bonds is 6. The molecule has 14 heteroatoms. The van der Waals surface area contributed by atoms with Crippen molar-refractivity contribution in [2.75, 3.05) is 30.7 Å². The molecule has 0 unspecified atom stereocenters. The van der Waals surface area contributed by atoms with Crippen molar-refractivity contribution in [2.24, 2.45) is 5.92 Å². The molecule has 1 saturated heterocycles. The molecule has 0 aromatic carbocycles. The maximum atomic E-state index is 13.5. The van der Waals surface area contributed by atoms with Gasteiger partial charge in [-0.05, 0) is 44.0 Å². The third-order valence-electron chi connectivity index (χ3n) is 5.18. The van der Waals surface area contributed by atoms with Gasteiger partial charge in [0.1, 0.15) is 11.5 Å². The normalized spacial score (nSPS) is 18.5. The predicted octanol–water partition coefficient (Wildman–Crippen LogP) is 0.162. The zero-order valence-corrected chi connectivity index (χ0v) is 18.2. The van der Waals surface area contributed by atoms with Crippen molar-refractivity contribution in [3.8, 4) is 0 Å². The molecule has 10 nitrogen and oxygen atoms in total. The van der Waals surface area contributed by atoms with Crippen LogP contribution in [0.2, 0.25) is 0 Å². The lowest BCUT2D eigenvalue weighted by molar-refractivity contribution is -0.145. The quantitative estimate of drug-likeness (QED) is 0.434. The topological polar surface area (TPSA) is 111 Å².